The van der Waals surface area contributed by atoms with Crippen LogP contribution < -0.4 is 5.32 Å². The lowest BCUT2D eigenvalue weighted by Gasteiger charge is -2.14. The van der Waals surface area contributed by atoms with Gasteiger partial charge < -0.3 is 15.0 Å². The number of ether oxygens (including phenoxy) is 1. The molecular formula is C16H29N3O2. The Kier molecular flexibility index (Phi) is 12.5. The van der Waals surface area contributed by atoms with Crippen molar-refractivity contribution in [3.05, 3.63) is 11.8 Å². The summed E-state index contributed by atoms with van der Waals surface area (Å²) in [6, 6.07) is 1.95. The van der Waals surface area contributed by atoms with Gasteiger partial charge in [-0.15, -0.1) is 0 Å². The van der Waals surface area contributed by atoms with E-state index in [4.69, 9.17) is 10.00 Å². The fourth-order valence-corrected chi connectivity index (χ4v) is 1.65. The number of nitriles is 1. The SMILES string of the molecule is CCCCOCCCNC(=O)/C(C#N)=C\N(C)CCCC. The number of carbonyl (C=O) groups excluding carboxylic acids is 1. The third-order valence-electron chi connectivity index (χ3n) is 2.97. The smallest absolute Gasteiger partial charge is 0.263 e. The first-order valence-corrected chi connectivity index (χ1v) is 7.83. The summed E-state index contributed by atoms with van der Waals surface area (Å²) in [5.74, 6) is -0.311. The second kappa shape index (κ2) is 13.4. The minimum Gasteiger partial charge on any atom is -0.381 e. The Labute approximate surface area is 129 Å². The third kappa shape index (κ3) is 10.9. The Bertz CT molecular complexity index is 348. The second-order valence-corrected chi connectivity index (χ2v) is 5.06. The lowest BCUT2D eigenvalue weighted by molar-refractivity contribution is -0.117. The Balaban J connectivity index is 3.95. The van der Waals surface area contributed by atoms with E-state index in [1.54, 1.807) is 6.20 Å². The number of carbonyl (C=O) groups is 1. The normalized spacial score (nSPS) is 11.0. The molecule has 0 saturated heterocycles. The van der Waals surface area contributed by atoms with Crippen molar-refractivity contribution in [2.45, 2.75) is 46.0 Å². The number of hydrogen-bond acceptors (Lipinski definition) is 4. The predicted octanol–water partition coefficient (Wildman–Crippen LogP) is 2.45. The van der Waals surface area contributed by atoms with Gasteiger partial charge in [-0.25, -0.2) is 0 Å². The molecule has 0 spiro atoms. The van der Waals surface area contributed by atoms with Crippen molar-refractivity contribution < 1.29 is 9.53 Å². The quantitative estimate of drug-likeness (QED) is 0.341. The number of nitrogens with one attached hydrogen (secondary N) is 1. The lowest BCUT2D eigenvalue weighted by Crippen LogP contribution is -2.27. The Morgan fingerprint density at radius 1 is 1.24 bits per heavy atom. The highest BCUT2D eigenvalue weighted by Gasteiger charge is 2.08. The van der Waals surface area contributed by atoms with Gasteiger partial charge in [-0.2, -0.15) is 5.26 Å². The molecule has 0 aromatic rings. The molecule has 0 atom stereocenters. The molecule has 0 unspecified atom stereocenters. The molecule has 0 radical (unpaired) electrons. The average Bonchev–Trinajstić information content (AvgIpc) is 2.49. The summed E-state index contributed by atoms with van der Waals surface area (Å²) in [5.41, 5.74) is 0.153. The molecule has 0 fully saturated rings. The van der Waals surface area contributed by atoms with Gasteiger partial charge in [-0.05, 0) is 19.3 Å². The fraction of sp³-hybridized carbons (Fsp3) is 0.750. The van der Waals surface area contributed by atoms with Crippen LogP contribution in [-0.4, -0.2) is 44.2 Å². The molecule has 0 heterocycles. The maximum Gasteiger partial charge on any atom is 0.263 e. The van der Waals surface area contributed by atoms with Crippen molar-refractivity contribution in [1.29, 1.82) is 5.26 Å². The summed E-state index contributed by atoms with van der Waals surface area (Å²) in [6.45, 7) is 7.02. The van der Waals surface area contributed by atoms with Gasteiger partial charge in [-0.3, -0.25) is 4.79 Å². The van der Waals surface area contributed by atoms with Gasteiger partial charge in [-0.1, -0.05) is 26.7 Å². The van der Waals surface area contributed by atoms with E-state index in [2.05, 4.69) is 19.2 Å². The number of rotatable bonds is 12. The summed E-state index contributed by atoms with van der Waals surface area (Å²) >= 11 is 0. The molecule has 120 valence electrons. The lowest BCUT2D eigenvalue weighted by atomic mass is 10.2. The molecule has 1 amide bonds. The minimum absolute atomic E-state index is 0.153. The van der Waals surface area contributed by atoms with Crippen LogP contribution in [0.4, 0.5) is 0 Å². The highest BCUT2D eigenvalue weighted by Crippen LogP contribution is 1.99. The number of nitrogens with zero attached hydrogens (tertiary/aromatic N) is 2. The second-order valence-electron chi connectivity index (χ2n) is 5.06. The highest BCUT2D eigenvalue weighted by molar-refractivity contribution is 5.97. The van der Waals surface area contributed by atoms with Gasteiger partial charge in [0.15, 0.2) is 0 Å². The van der Waals surface area contributed by atoms with E-state index in [0.29, 0.717) is 13.2 Å². The van der Waals surface area contributed by atoms with Crippen molar-refractivity contribution in [2.75, 3.05) is 33.4 Å². The Hall–Kier alpha value is -1.54. The van der Waals surface area contributed by atoms with Crippen LogP contribution in [0.15, 0.2) is 11.8 Å². The van der Waals surface area contributed by atoms with Crippen LogP contribution in [0.5, 0.6) is 0 Å². The van der Waals surface area contributed by atoms with Crippen LogP contribution >= 0.6 is 0 Å². The summed E-state index contributed by atoms with van der Waals surface area (Å²) in [6.07, 6.45) is 6.70. The maximum atomic E-state index is 11.8. The number of unbranched alkanes of at least 4 members (excludes halogenated alkanes) is 2. The Morgan fingerprint density at radius 3 is 2.52 bits per heavy atom. The van der Waals surface area contributed by atoms with E-state index in [1.807, 2.05) is 18.0 Å². The van der Waals surface area contributed by atoms with E-state index in [-0.39, 0.29) is 11.5 Å². The van der Waals surface area contributed by atoms with Crippen LogP contribution in [0.3, 0.4) is 0 Å². The first kappa shape index (κ1) is 19.5. The van der Waals surface area contributed by atoms with E-state index < -0.39 is 0 Å². The van der Waals surface area contributed by atoms with E-state index in [1.165, 1.54) is 0 Å². The highest BCUT2D eigenvalue weighted by atomic mass is 16.5. The Morgan fingerprint density at radius 2 is 1.90 bits per heavy atom. The van der Waals surface area contributed by atoms with Crippen molar-refractivity contribution >= 4 is 5.91 Å². The van der Waals surface area contributed by atoms with Gasteiger partial charge in [0.2, 0.25) is 0 Å². The molecule has 0 aliphatic carbocycles. The molecule has 5 nitrogen and oxygen atoms in total. The fourth-order valence-electron chi connectivity index (χ4n) is 1.65. The van der Waals surface area contributed by atoms with Crippen LogP contribution in [0.25, 0.3) is 0 Å². The van der Waals surface area contributed by atoms with Crippen LogP contribution in [0, 0.1) is 11.3 Å². The van der Waals surface area contributed by atoms with Crippen molar-refractivity contribution in [1.82, 2.24) is 10.2 Å². The number of amides is 1. The van der Waals surface area contributed by atoms with Crippen molar-refractivity contribution in [2.24, 2.45) is 0 Å². The molecule has 0 saturated carbocycles. The number of hydrogen-bond donors (Lipinski definition) is 1. The minimum atomic E-state index is -0.311. The monoisotopic (exact) mass is 295 g/mol. The maximum absolute atomic E-state index is 11.8. The molecule has 5 heteroatoms. The van der Waals surface area contributed by atoms with Crippen LogP contribution in [0.2, 0.25) is 0 Å². The zero-order chi connectivity index (χ0) is 15.9. The molecule has 0 aromatic heterocycles. The molecule has 21 heavy (non-hydrogen) atoms. The van der Waals surface area contributed by atoms with E-state index >= 15 is 0 Å². The average molecular weight is 295 g/mol. The molecule has 0 aliphatic rings. The predicted molar refractivity (Wildman–Crippen MR) is 84.6 cm³/mol. The zero-order valence-electron chi connectivity index (χ0n) is 13.7. The standard InChI is InChI=1S/C16H29N3O2/c1-4-6-10-19(3)14-15(13-17)16(20)18-9-8-12-21-11-7-5-2/h14H,4-12H2,1-3H3,(H,18,20)/b15-14-. The van der Waals surface area contributed by atoms with Crippen molar-refractivity contribution in [3.63, 3.8) is 0 Å². The molecule has 0 bridgehead atoms. The van der Waals surface area contributed by atoms with Gasteiger partial charge >= 0.3 is 0 Å². The van der Waals surface area contributed by atoms with Gasteiger partial charge in [0, 0.05) is 39.6 Å². The first-order chi connectivity index (χ1) is 10.2. The van der Waals surface area contributed by atoms with Crippen LogP contribution in [0.1, 0.15) is 46.0 Å². The molecule has 0 aliphatic heterocycles. The first-order valence-electron chi connectivity index (χ1n) is 7.83. The van der Waals surface area contributed by atoms with E-state index in [9.17, 15) is 4.79 Å². The zero-order valence-corrected chi connectivity index (χ0v) is 13.7. The van der Waals surface area contributed by atoms with E-state index in [0.717, 1.165) is 45.3 Å². The summed E-state index contributed by atoms with van der Waals surface area (Å²) in [4.78, 5) is 13.7. The molecule has 0 rings (SSSR count). The molecule has 0 aromatic carbocycles. The third-order valence-corrected chi connectivity index (χ3v) is 2.97. The van der Waals surface area contributed by atoms with Gasteiger partial charge in [0.05, 0.1) is 0 Å². The largest absolute Gasteiger partial charge is 0.381 e. The summed E-state index contributed by atoms with van der Waals surface area (Å²) < 4.78 is 5.41. The van der Waals surface area contributed by atoms with Gasteiger partial charge in [0.1, 0.15) is 11.6 Å². The topological polar surface area (TPSA) is 65.4 Å². The van der Waals surface area contributed by atoms with Crippen LogP contribution in [-0.2, 0) is 9.53 Å². The molecular weight excluding hydrogens is 266 g/mol. The molecule has 1 N–H and O–H groups in total. The van der Waals surface area contributed by atoms with Gasteiger partial charge in [0.25, 0.3) is 5.91 Å². The summed E-state index contributed by atoms with van der Waals surface area (Å²) in [7, 11) is 1.88. The van der Waals surface area contributed by atoms with Crippen molar-refractivity contribution in [3.8, 4) is 6.07 Å². The summed E-state index contributed by atoms with van der Waals surface area (Å²) in [5, 5.41) is 11.8.